The Hall–Kier alpha value is -2.28. The zero-order chi connectivity index (χ0) is 16.1. The minimum Gasteiger partial charge on any atom is -0.369 e. The maximum Gasteiger partial charge on any atom is 0.223 e. The van der Waals surface area contributed by atoms with Gasteiger partial charge in [0.25, 0.3) is 0 Å². The summed E-state index contributed by atoms with van der Waals surface area (Å²) in [6, 6.07) is 9.98. The number of hydrogen-bond acceptors (Lipinski definition) is 3. The Morgan fingerprint density at radius 1 is 1.22 bits per heavy atom. The van der Waals surface area contributed by atoms with E-state index in [1.165, 1.54) is 0 Å². The van der Waals surface area contributed by atoms with Gasteiger partial charge in [-0.25, -0.2) is 0 Å². The van der Waals surface area contributed by atoms with Gasteiger partial charge < -0.3 is 9.80 Å². The van der Waals surface area contributed by atoms with Gasteiger partial charge in [-0.2, -0.15) is 5.26 Å². The minimum absolute atomic E-state index is 0.275. The van der Waals surface area contributed by atoms with E-state index in [0.29, 0.717) is 17.9 Å². The van der Waals surface area contributed by atoms with Crippen LogP contribution < -0.4 is 4.90 Å². The molecule has 23 heavy (non-hydrogen) atoms. The molecular weight excluding hydrogens is 286 g/mol. The van der Waals surface area contributed by atoms with Crippen molar-refractivity contribution in [2.45, 2.75) is 25.7 Å². The Kier molecular flexibility index (Phi) is 4.97. The van der Waals surface area contributed by atoms with E-state index < -0.39 is 0 Å². The van der Waals surface area contributed by atoms with Crippen molar-refractivity contribution in [1.82, 2.24) is 4.90 Å². The van der Waals surface area contributed by atoms with Crippen LogP contribution in [0.15, 0.2) is 36.4 Å². The summed E-state index contributed by atoms with van der Waals surface area (Å²) in [6.07, 6.45) is 8.18. The largest absolute Gasteiger partial charge is 0.369 e. The molecule has 1 aliphatic heterocycles. The van der Waals surface area contributed by atoms with E-state index in [9.17, 15) is 10.1 Å². The number of nitriles is 1. The van der Waals surface area contributed by atoms with Crippen LogP contribution in [-0.4, -0.2) is 37.0 Å². The Morgan fingerprint density at radius 2 is 2.09 bits per heavy atom. The first-order valence-corrected chi connectivity index (χ1v) is 8.46. The zero-order valence-corrected chi connectivity index (χ0v) is 13.4. The van der Waals surface area contributed by atoms with Gasteiger partial charge in [0.1, 0.15) is 6.07 Å². The summed E-state index contributed by atoms with van der Waals surface area (Å²) < 4.78 is 0. The van der Waals surface area contributed by atoms with Crippen LogP contribution in [0.3, 0.4) is 0 Å². The summed E-state index contributed by atoms with van der Waals surface area (Å²) in [6.45, 7) is 3.26. The van der Waals surface area contributed by atoms with Gasteiger partial charge in [0.15, 0.2) is 0 Å². The van der Waals surface area contributed by atoms with Gasteiger partial charge in [-0.1, -0.05) is 24.3 Å². The average Bonchev–Trinajstić information content (AvgIpc) is 2.96. The molecule has 1 heterocycles. The Labute approximate surface area is 138 Å². The lowest BCUT2D eigenvalue weighted by Crippen LogP contribution is -2.36. The molecule has 1 aromatic rings. The summed E-state index contributed by atoms with van der Waals surface area (Å²) in [4.78, 5) is 16.7. The molecule has 1 saturated heterocycles. The first kappa shape index (κ1) is 15.6. The predicted molar refractivity (Wildman–Crippen MR) is 91.0 cm³/mol. The molecule has 120 valence electrons. The lowest BCUT2D eigenvalue weighted by atomic mass is 10.0. The molecule has 1 aliphatic carbocycles. The number of anilines is 1. The number of para-hydroxylation sites is 1. The second-order valence-corrected chi connectivity index (χ2v) is 6.32. The topological polar surface area (TPSA) is 47.3 Å². The van der Waals surface area contributed by atoms with Crippen molar-refractivity contribution < 1.29 is 4.79 Å². The molecule has 0 spiro atoms. The zero-order valence-electron chi connectivity index (χ0n) is 13.4. The number of amides is 1. The lowest BCUT2D eigenvalue weighted by molar-refractivity contribution is -0.131. The Bertz CT molecular complexity index is 632. The molecule has 4 heteroatoms. The van der Waals surface area contributed by atoms with E-state index in [4.69, 9.17) is 0 Å². The van der Waals surface area contributed by atoms with Gasteiger partial charge in [0.2, 0.25) is 5.91 Å². The van der Waals surface area contributed by atoms with E-state index in [-0.39, 0.29) is 5.91 Å². The Morgan fingerprint density at radius 3 is 2.87 bits per heavy atom. The highest BCUT2D eigenvalue weighted by molar-refractivity contribution is 5.77. The molecule has 1 fully saturated rings. The average molecular weight is 309 g/mol. The van der Waals surface area contributed by atoms with Crippen LogP contribution in [0.5, 0.6) is 0 Å². The molecule has 1 amide bonds. The van der Waals surface area contributed by atoms with Crippen LogP contribution in [0, 0.1) is 17.2 Å². The van der Waals surface area contributed by atoms with Crippen molar-refractivity contribution >= 4 is 11.6 Å². The molecular formula is C19H23N3O. The number of nitrogens with zero attached hydrogens (tertiary/aromatic N) is 3. The highest BCUT2D eigenvalue weighted by Gasteiger charge is 2.23. The van der Waals surface area contributed by atoms with E-state index >= 15 is 0 Å². The fourth-order valence-corrected chi connectivity index (χ4v) is 3.47. The second kappa shape index (κ2) is 7.32. The number of carbonyl (C=O) groups is 1. The van der Waals surface area contributed by atoms with Crippen molar-refractivity contribution in [3.05, 3.63) is 42.0 Å². The Balaban J connectivity index is 1.62. The third kappa shape index (κ3) is 3.73. The first-order chi connectivity index (χ1) is 11.3. The summed E-state index contributed by atoms with van der Waals surface area (Å²) >= 11 is 0. The number of rotatable bonds is 3. The molecule has 3 rings (SSSR count). The monoisotopic (exact) mass is 309 g/mol. The van der Waals surface area contributed by atoms with Crippen molar-refractivity contribution in [1.29, 1.82) is 5.26 Å². The smallest absolute Gasteiger partial charge is 0.223 e. The maximum absolute atomic E-state index is 12.5. The number of carbonyl (C=O) groups excluding carboxylic acids is 1. The normalized spacial score (nSPS) is 21.1. The molecule has 2 aliphatic rings. The van der Waals surface area contributed by atoms with Gasteiger partial charge in [-0.15, -0.1) is 0 Å². The fourth-order valence-electron chi connectivity index (χ4n) is 3.47. The first-order valence-electron chi connectivity index (χ1n) is 8.46. The highest BCUT2D eigenvalue weighted by atomic mass is 16.2. The summed E-state index contributed by atoms with van der Waals surface area (Å²) in [5.74, 6) is 0.707. The molecule has 1 aromatic carbocycles. The minimum atomic E-state index is 0.275. The summed E-state index contributed by atoms with van der Waals surface area (Å²) in [5.41, 5.74) is 1.70. The molecule has 0 aromatic heterocycles. The number of allylic oxidation sites excluding steroid dienone is 2. The van der Waals surface area contributed by atoms with Gasteiger partial charge in [0, 0.05) is 32.6 Å². The van der Waals surface area contributed by atoms with E-state index in [1.54, 1.807) is 0 Å². The quantitative estimate of drug-likeness (QED) is 0.807. The lowest BCUT2D eigenvalue weighted by Gasteiger charge is -2.25. The number of benzene rings is 1. The molecule has 0 bridgehead atoms. The summed E-state index contributed by atoms with van der Waals surface area (Å²) in [5, 5.41) is 9.27. The molecule has 0 radical (unpaired) electrons. The van der Waals surface area contributed by atoms with Crippen LogP contribution in [0.4, 0.5) is 5.69 Å². The van der Waals surface area contributed by atoms with Crippen molar-refractivity contribution in [2.75, 3.05) is 31.1 Å². The van der Waals surface area contributed by atoms with Crippen LogP contribution in [0.1, 0.15) is 31.2 Å². The van der Waals surface area contributed by atoms with Crippen LogP contribution in [0.2, 0.25) is 0 Å². The van der Waals surface area contributed by atoms with E-state index in [2.05, 4.69) is 23.1 Å². The van der Waals surface area contributed by atoms with Gasteiger partial charge in [-0.05, 0) is 37.3 Å². The molecule has 0 unspecified atom stereocenters. The van der Waals surface area contributed by atoms with Crippen LogP contribution in [0.25, 0.3) is 0 Å². The predicted octanol–water partition coefficient (Wildman–Crippen LogP) is 2.95. The standard InChI is InChI=1S/C19H23N3O/c20-15-17-8-3-4-9-18(17)21-10-5-11-22(13-12-21)19(23)14-16-6-1-2-7-16/h1,3-4,6,8-9,16H,2,5,7,10-14H2/t16-/m0/s1. The van der Waals surface area contributed by atoms with Gasteiger partial charge in [0.05, 0.1) is 11.3 Å². The molecule has 4 nitrogen and oxygen atoms in total. The summed E-state index contributed by atoms with van der Waals surface area (Å²) in [7, 11) is 0. The molecule has 0 saturated carbocycles. The van der Waals surface area contributed by atoms with E-state index in [0.717, 1.165) is 51.1 Å². The van der Waals surface area contributed by atoms with Crippen molar-refractivity contribution in [3.63, 3.8) is 0 Å². The van der Waals surface area contributed by atoms with Crippen LogP contribution in [-0.2, 0) is 4.79 Å². The van der Waals surface area contributed by atoms with E-state index in [1.807, 2.05) is 29.2 Å². The highest BCUT2D eigenvalue weighted by Crippen LogP contribution is 2.23. The van der Waals surface area contributed by atoms with Gasteiger partial charge in [-0.3, -0.25) is 4.79 Å². The third-order valence-corrected chi connectivity index (χ3v) is 4.76. The molecule has 1 atom stereocenters. The van der Waals surface area contributed by atoms with Gasteiger partial charge >= 0.3 is 0 Å². The van der Waals surface area contributed by atoms with Crippen molar-refractivity contribution in [2.24, 2.45) is 5.92 Å². The second-order valence-electron chi connectivity index (χ2n) is 6.32. The number of hydrogen-bond donors (Lipinski definition) is 0. The fraction of sp³-hybridized carbons (Fsp3) is 0.474. The molecule has 0 N–H and O–H groups in total. The third-order valence-electron chi connectivity index (χ3n) is 4.76. The van der Waals surface area contributed by atoms with Crippen LogP contribution >= 0.6 is 0 Å². The van der Waals surface area contributed by atoms with Crippen molar-refractivity contribution in [3.8, 4) is 6.07 Å². The maximum atomic E-state index is 12.5. The SMILES string of the molecule is N#Cc1ccccc1N1CCCN(C(=O)C[C@H]2C=CCC2)CC1.